The number of benzene rings is 9. The lowest BCUT2D eigenvalue weighted by Crippen LogP contribution is -2.00. The first-order valence-corrected chi connectivity index (χ1v) is 18.3. The quantitative estimate of drug-likeness (QED) is 0.175. The maximum absolute atomic E-state index is 4.96. The van der Waals surface area contributed by atoms with Gasteiger partial charge < -0.3 is 0 Å². The SMILES string of the molecule is c1ccc(-c2nc(-c3ccccc3)nc(-c3ccc4c(-c5ccc6cc(-c7ccccc7-c7ccc8ccccc8c7)ccc6c5)cccc4c3)n2)cc1. The van der Waals surface area contributed by atoms with Gasteiger partial charge in [-0.2, -0.15) is 0 Å². The molecule has 3 nitrogen and oxygen atoms in total. The van der Waals surface area contributed by atoms with Crippen LogP contribution in [-0.4, -0.2) is 15.0 Å². The lowest BCUT2D eigenvalue weighted by atomic mass is 9.91. The highest BCUT2D eigenvalue weighted by molar-refractivity contribution is 6.01. The van der Waals surface area contributed by atoms with Crippen LogP contribution in [0.25, 0.3) is 99.9 Å². The summed E-state index contributed by atoms with van der Waals surface area (Å²) in [6.45, 7) is 0. The van der Waals surface area contributed by atoms with Crippen molar-refractivity contribution in [1.82, 2.24) is 15.0 Å². The van der Waals surface area contributed by atoms with Crippen LogP contribution in [0.2, 0.25) is 0 Å². The Kier molecular flexibility index (Phi) is 7.81. The van der Waals surface area contributed by atoms with Crippen molar-refractivity contribution in [2.45, 2.75) is 0 Å². The van der Waals surface area contributed by atoms with E-state index in [4.69, 9.17) is 15.0 Å². The molecule has 0 atom stereocenters. The third-order valence-corrected chi connectivity index (χ3v) is 10.3. The molecule has 10 rings (SSSR count). The Labute approximate surface area is 313 Å². The lowest BCUT2D eigenvalue weighted by Gasteiger charge is -2.13. The molecule has 0 saturated carbocycles. The summed E-state index contributed by atoms with van der Waals surface area (Å²) in [4.78, 5) is 14.8. The number of fused-ring (bicyclic) bond motifs is 3. The molecule has 1 heterocycles. The van der Waals surface area contributed by atoms with Gasteiger partial charge in [-0.3, -0.25) is 0 Å². The average molecular weight is 688 g/mol. The van der Waals surface area contributed by atoms with Gasteiger partial charge in [-0.1, -0.05) is 176 Å². The average Bonchev–Trinajstić information content (AvgIpc) is 3.26. The fraction of sp³-hybridized carbons (Fsp3) is 0. The lowest BCUT2D eigenvalue weighted by molar-refractivity contribution is 1.07. The van der Waals surface area contributed by atoms with Crippen LogP contribution in [-0.2, 0) is 0 Å². The van der Waals surface area contributed by atoms with Gasteiger partial charge in [0.05, 0.1) is 0 Å². The van der Waals surface area contributed by atoms with Crippen LogP contribution >= 0.6 is 0 Å². The maximum Gasteiger partial charge on any atom is 0.164 e. The van der Waals surface area contributed by atoms with E-state index in [1.807, 2.05) is 60.7 Å². The van der Waals surface area contributed by atoms with E-state index in [-0.39, 0.29) is 0 Å². The molecule has 10 aromatic rings. The molecule has 9 aromatic carbocycles. The van der Waals surface area contributed by atoms with Crippen molar-refractivity contribution < 1.29 is 0 Å². The molecule has 0 amide bonds. The van der Waals surface area contributed by atoms with Gasteiger partial charge in [0.15, 0.2) is 17.5 Å². The molecule has 0 aliphatic carbocycles. The standard InChI is InChI=1S/C51H33N3/c1-3-13-35(14-4-1)49-52-50(36-15-5-2-6-16-36)54-51(53-49)44-28-29-48-40(33-44)18-11-21-47(48)43-27-24-38-31-42(26-23-39(38)32-43)46-20-10-9-19-45(46)41-25-22-34-12-7-8-17-37(34)30-41/h1-33H. The number of rotatable bonds is 6. The first kappa shape index (κ1) is 31.5. The zero-order chi connectivity index (χ0) is 35.8. The summed E-state index contributed by atoms with van der Waals surface area (Å²) in [5.74, 6) is 1.97. The van der Waals surface area contributed by atoms with E-state index in [9.17, 15) is 0 Å². The molecular weight excluding hydrogens is 655 g/mol. The van der Waals surface area contributed by atoms with Crippen LogP contribution in [0.3, 0.4) is 0 Å². The predicted molar refractivity (Wildman–Crippen MR) is 225 cm³/mol. The van der Waals surface area contributed by atoms with E-state index in [0.29, 0.717) is 17.5 Å². The zero-order valence-electron chi connectivity index (χ0n) is 29.4. The second-order valence-corrected chi connectivity index (χ2v) is 13.7. The monoisotopic (exact) mass is 687 g/mol. The zero-order valence-corrected chi connectivity index (χ0v) is 29.4. The smallest absolute Gasteiger partial charge is 0.164 e. The molecule has 0 fully saturated rings. The van der Waals surface area contributed by atoms with Crippen LogP contribution in [0, 0.1) is 0 Å². The van der Waals surface area contributed by atoms with Gasteiger partial charge in [0, 0.05) is 16.7 Å². The van der Waals surface area contributed by atoms with Crippen molar-refractivity contribution in [3.8, 4) is 67.5 Å². The molecule has 1 aromatic heterocycles. The van der Waals surface area contributed by atoms with E-state index >= 15 is 0 Å². The highest BCUT2D eigenvalue weighted by Crippen LogP contribution is 2.37. The Morgan fingerprint density at radius 3 is 1.20 bits per heavy atom. The minimum absolute atomic E-state index is 0.652. The van der Waals surface area contributed by atoms with Gasteiger partial charge in [0.1, 0.15) is 0 Å². The molecule has 0 radical (unpaired) electrons. The van der Waals surface area contributed by atoms with Crippen LogP contribution < -0.4 is 0 Å². The Hall–Kier alpha value is -7.23. The van der Waals surface area contributed by atoms with Crippen LogP contribution in [0.1, 0.15) is 0 Å². The fourth-order valence-corrected chi connectivity index (χ4v) is 7.54. The van der Waals surface area contributed by atoms with Gasteiger partial charge in [-0.25, -0.2) is 15.0 Å². The van der Waals surface area contributed by atoms with Crippen LogP contribution in [0.15, 0.2) is 200 Å². The summed E-state index contributed by atoms with van der Waals surface area (Å²) in [5, 5.41) is 7.24. The number of hydrogen-bond donors (Lipinski definition) is 0. The molecule has 0 aliphatic heterocycles. The largest absolute Gasteiger partial charge is 0.208 e. The molecule has 0 spiro atoms. The summed E-state index contributed by atoms with van der Waals surface area (Å²) < 4.78 is 0. The van der Waals surface area contributed by atoms with Crippen molar-refractivity contribution in [3.63, 3.8) is 0 Å². The molecule has 0 saturated heterocycles. The van der Waals surface area contributed by atoms with Gasteiger partial charge >= 0.3 is 0 Å². The fourth-order valence-electron chi connectivity index (χ4n) is 7.54. The van der Waals surface area contributed by atoms with Crippen LogP contribution in [0.5, 0.6) is 0 Å². The Bertz CT molecular complexity index is 2930. The van der Waals surface area contributed by atoms with Crippen molar-refractivity contribution in [2.75, 3.05) is 0 Å². The van der Waals surface area contributed by atoms with Gasteiger partial charge in [-0.05, 0) is 90.0 Å². The number of hydrogen-bond acceptors (Lipinski definition) is 3. The molecule has 54 heavy (non-hydrogen) atoms. The van der Waals surface area contributed by atoms with Crippen molar-refractivity contribution in [3.05, 3.63) is 200 Å². The minimum atomic E-state index is 0.652. The van der Waals surface area contributed by atoms with E-state index in [1.165, 1.54) is 60.3 Å². The van der Waals surface area contributed by atoms with Crippen molar-refractivity contribution >= 4 is 32.3 Å². The third-order valence-electron chi connectivity index (χ3n) is 10.3. The molecule has 0 N–H and O–H groups in total. The molecule has 0 bridgehead atoms. The number of nitrogens with zero attached hydrogens (tertiary/aromatic N) is 3. The Morgan fingerprint density at radius 1 is 0.222 bits per heavy atom. The molecule has 252 valence electrons. The highest BCUT2D eigenvalue weighted by atomic mass is 15.0. The second kappa shape index (κ2) is 13.4. The minimum Gasteiger partial charge on any atom is -0.208 e. The maximum atomic E-state index is 4.96. The van der Waals surface area contributed by atoms with Crippen LogP contribution in [0.4, 0.5) is 0 Å². The molecule has 0 unspecified atom stereocenters. The van der Waals surface area contributed by atoms with E-state index < -0.39 is 0 Å². The summed E-state index contributed by atoms with van der Waals surface area (Å²) >= 11 is 0. The van der Waals surface area contributed by atoms with Gasteiger partial charge in [0.2, 0.25) is 0 Å². The van der Waals surface area contributed by atoms with Crippen molar-refractivity contribution in [2.24, 2.45) is 0 Å². The van der Waals surface area contributed by atoms with Gasteiger partial charge in [-0.15, -0.1) is 0 Å². The molecular formula is C51H33N3. The second-order valence-electron chi connectivity index (χ2n) is 13.7. The summed E-state index contributed by atoms with van der Waals surface area (Å²) in [6.07, 6.45) is 0. The Morgan fingerprint density at radius 2 is 0.611 bits per heavy atom. The summed E-state index contributed by atoms with van der Waals surface area (Å²) in [5.41, 5.74) is 10.1. The number of aromatic nitrogens is 3. The summed E-state index contributed by atoms with van der Waals surface area (Å²) in [7, 11) is 0. The predicted octanol–water partition coefficient (Wildman–Crippen LogP) is 13.3. The highest BCUT2D eigenvalue weighted by Gasteiger charge is 2.14. The van der Waals surface area contributed by atoms with Gasteiger partial charge in [0.25, 0.3) is 0 Å². The van der Waals surface area contributed by atoms with Crippen molar-refractivity contribution in [1.29, 1.82) is 0 Å². The normalized spacial score (nSPS) is 11.3. The van der Waals surface area contributed by atoms with E-state index in [2.05, 4.69) is 140 Å². The van der Waals surface area contributed by atoms with E-state index in [1.54, 1.807) is 0 Å². The first-order valence-electron chi connectivity index (χ1n) is 18.3. The molecule has 0 aliphatic rings. The topological polar surface area (TPSA) is 38.7 Å². The summed E-state index contributed by atoms with van der Waals surface area (Å²) in [6, 6.07) is 70.9. The van der Waals surface area contributed by atoms with E-state index in [0.717, 1.165) is 22.1 Å². The molecule has 3 heteroatoms. The Balaban J connectivity index is 1.01. The first-order chi connectivity index (χ1) is 26.7. The third kappa shape index (κ3) is 5.88.